The first-order chi connectivity index (χ1) is 11.4. The van der Waals surface area contributed by atoms with Crippen LogP contribution in [0.25, 0.3) is 0 Å². The van der Waals surface area contributed by atoms with E-state index in [-0.39, 0.29) is 98.8 Å². The van der Waals surface area contributed by atoms with Gasteiger partial charge < -0.3 is 30.6 Å². The molecule has 0 aliphatic heterocycles. The summed E-state index contributed by atoms with van der Waals surface area (Å²) in [7, 11) is 0. The van der Waals surface area contributed by atoms with E-state index in [0.29, 0.717) is 0 Å². The van der Waals surface area contributed by atoms with Crippen molar-refractivity contribution >= 4 is 0 Å². The molecule has 3 rings (SSSR count). The van der Waals surface area contributed by atoms with Crippen LogP contribution < -0.4 is 30.6 Å². The summed E-state index contributed by atoms with van der Waals surface area (Å²) < 4.78 is 0. The number of benzene rings is 3. The Morgan fingerprint density at radius 2 is 0.423 bits per heavy atom. The third kappa shape index (κ3) is 11.4. The van der Waals surface area contributed by atoms with Gasteiger partial charge in [-0.25, -0.2) is 0 Å². The Morgan fingerprint density at radius 3 is 0.500 bits per heavy atom. The third-order valence-corrected chi connectivity index (χ3v) is 2.55. The fourth-order valence-corrected chi connectivity index (χ4v) is 1.35. The van der Waals surface area contributed by atoms with Gasteiger partial charge in [0.25, 0.3) is 0 Å². The summed E-state index contributed by atoms with van der Waals surface area (Å²) in [5, 5.41) is 61.8. The average Bonchev–Trinajstić information content (AvgIpc) is 2.57. The molecular weight excluding hydrogens is 616 g/mol. The maximum atomic E-state index is 10.3. The number of hydrogen-bond acceptors (Lipinski definition) is 6. The molecule has 0 atom stereocenters. The van der Waals surface area contributed by atoms with E-state index in [4.69, 9.17) is 0 Å². The van der Waals surface area contributed by atoms with Crippen LogP contribution in [-0.2, 0) is 0 Å². The van der Waals surface area contributed by atoms with Gasteiger partial charge in [0.15, 0.2) is 0 Å². The Labute approximate surface area is 232 Å². The first kappa shape index (κ1) is 27.8. The van der Waals surface area contributed by atoms with Gasteiger partial charge in [-0.05, 0) is 0 Å². The molecule has 0 aliphatic carbocycles. The van der Waals surface area contributed by atoms with Crippen molar-refractivity contribution in [2.45, 2.75) is 0 Å². The fourth-order valence-electron chi connectivity index (χ4n) is 1.35. The predicted octanol–water partition coefficient (Wildman–Crippen LogP) is -0.499. The van der Waals surface area contributed by atoms with Crippen molar-refractivity contribution < 1.29 is 129 Å². The van der Waals surface area contributed by atoms with Gasteiger partial charge in [0.1, 0.15) is 0 Å². The second kappa shape index (κ2) is 15.7. The van der Waals surface area contributed by atoms with Crippen LogP contribution in [0.3, 0.4) is 0 Å². The van der Waals surface area contributed by atoms with Gasteiger partial charge in [-0.15, -0.1) is 34.5 Å². The van der Waals surface area contributed by atoms with E-state index < -0.39 is 34.5 Å². The molecule has 0 bridgehead atoms. The summed E-state index contributed by atoms with van der Waals surface area (Å²) in [5.74, 6) is -2.62. The number of para-hydroxylation sites is 6. The van der Waals surface area contributed by atoms with Crippen LogP contribution in [0.4, 0.5) is 0 Å². The monoisotopic (exact) mass is 630 g/mol. The molecule has 0 N–H and O–H groups in total. The molecule has 0 saturated heterocycles. The normalized spacial score (nSPS) is 8.31. The van der Waals surface area contributed by atoms with Gasteiger partial charge in [0.05, 0.1) is 0 Å². The molecule has 0 aliphatic rings. The van der Waals surface area contributed by atoms with E-state index in [1.54, 1.807) is 36.4 Å². The quantitative estimate of drug-likeness (QED) is 0.329. The molecule has 3 aromatic carbocycles. The molecule has 0 aromatic heterocycles. The predicted molar refractivity (Wildman–Crippen MR) is 76.0 cm³/mol. The minimum absolute atomic E-state index is 0. The Balaban J connectivity index is 0. The van der Waals surface area contributed by atoms with Gasteiger partial charge >= 0.3 is 98.8 Å². The molecule has 0 amide bonds. The fraction of sp³-hybridized carbons (Fsp3) is 0. The van der Waals surface area contributed by atoms with Crippen LogP contribution >= 0.6 is 0 Å². The molecule has 3 aromatic rings. The summed E-state index contributed by atoms with van der Waals surface area (Å²) in [6.45, 7) is 0. The molecule has 6 nitrogen and oxygen atoms in total. The van der Waals surface area contributed by atoms with Crippen molar-refractivity contribution in [1.29, 1.82) is 0 Å². The van der Waals surface area contributed by atoms with Crippen molar-refractivity contribution in [2.75, 3.05) is 0 Å². The maximum Gasteiger partial charge on any atom is 3.00 e. The van der Waals surface area contributed by atoms with Crippen LogP contribution in [0.1, 0.15) is 0 Å². The second-order valence-electron chi connectivity index (χ2n) is 4.34. The van der Waals surface area contributed by atoms with Crippen LogP contribution in [0.15, 0.2) is 72.8 Å². The number of rotatable bonds is 0. The molecule has 0 unspecified atom stereocenters. The molecule has 8 heteroatoms. The Kier molecular flexibility index (Phi) is 16.8. The largest absolute Gasteiger partial charge is 3.00 e. The van der Waals surface area contributed by atoms with Gasteiger partial charge in [0.2, 0.25) is 0 Å². The zero-order chi connectivity index (χ0) is 17.9. The molecule has 0 fully saturated rings. The van der Waals surface area contributed by atoms with E-state index >= 15 is 0 Å². The minimum Gasteiger partial charge on any atom is -0.873 e. The topological polar surface area (TPSA) is 138 Å². The van der Waals surface area contributed by atoms with Crippen LogP contribution in [0.2, 0.25) is 0 Å². The molecule has 0 spiro atoms. The zero-order valence-corrected chi connectivity index (χ0v) is 18.0. The van der Waals surface area contributed by atoms with Crippen molar-refractivity contribution in [3.8, 4) is 34.5 Å². The van der Waals surface area contributed by atoms with Crippen molar-refractivity contribution in [1.82, 2.24) is 0 Å². The molecule has 26 heavy (non-hydrogen) atoms. The van der Waals surface area contributed by atoms with Gasteiger partial charge in [0, 0.05) is 0 Å². The van der Waals surface area contributed by atoms with E-state index in [0.717, 1.165) is 0 Å². The van der Waals surface area contributed by atoms with Crippen molar-refractivity contribution in [3.05, 3.63) is 72.8 Å². The van der Waals surface area contributed by atoms with Gasteiger partial charge in [-0.2, -0.15) is 0 Å². The molecular formula is C18H12Eu2O6. The maximum absolute atomic E-state index is 10.3. The van der Waals surface area contributed by atoms with Gasteiger partial charge in [-0.3, -0.25) is 0 Å². The molecule has 0 radical (unpaired) electrons. The smallest absolute Gasteiger partial charge is 0.873 e. The second-order valence-corrected chi connectivity index (χ2v) is 4.34. The summed E-state index contributed by atoms with van der Waals surface area (Å²) in [4.78, 5) is 0. The Morgan fingerprint density at radius 1 is 0.308 bits per heavy atom. The first-order valence-electron chi connectivity index (χ1n) is 6.71. The molecule has 0 heterocycles. The summed E-state index contributed by atoms with van der Waals surface area (Å²) >= 11 is 0. The van der Waals surface area contributed by atoms with Gasteiger partial charge in [-0.1, -0.05) is 72.8 Å². The van der Waals surface area contributed by atoms with Crippen LogP contribution in [0.5, 0.6) is 34.5 Å². The minimum atomic E-state index is -0.437. The van der Waals surface area contributed by atoms with Crippen molar-refractivity contribution in [3.63, 3.8) is 0 Å². The molecule has 0 saturated carbocycles. The van der Waals surface area contributed by atoms with Crippen LogP contribution in [-0.4, -0.2) is 0 Å². The zero-order valence-electron chi connectivity index (χ0n) is 13.1. The van der Waals surface area contributed by atoms with E-state index in [2.05, 4.69) is 0 Å². The van der Waals surface area contributed by atoms with E-state index in [1.165, 1.54) is 36.4 Å². The molecule has 134 valence electrons. The Bertz CT molecular complexity index is 602. The third-order valence-electron chi connectivity index (χ3n) is 2.55. The van der Waals surface area contributed by atoms with E-state index in [1.807, 2.05) is 0 Å². The summed E-state index contributed by atoms with van der Waals surface area (Å²) in [6, 6.07) is 16.8. The first-order valence-corrected chi connectivity index (χ1v) is 6.71. The average molecular weight is 628 g/mol. The Hall–Kier alpha value is -0.371. The SMILES string of the molecule is [Eu+3].[Eu+3].[O-]c1ccccc1[O-].[O-]c1ccccc1[O-].[O-]c1ccccc1[O-]. The number of hydrogen-bond donors (Lipinski definition) is 0. The summed E-state index contributed by atoms with van der Waals surface area (Å²) in [5.41, 5.74) is 0. The summed E-state index contributed by atoms with van der Waals surface area (Å²) in [6.07, 6.45) is 0. The van der Waals surface area contributed by atoms with E-state index in [9.17, 15) is 30.6 Å². The van der Waals surface area contributed by atoms with Crippen molar-refractivity contribution in [2.24, 2.45) is 0 Å². The standard InChI is InChI=1S/3C6H6O2.2Eu/c3*7-5-3-1-2-4-6(5)8;;/h3*1-4,7-8H;;/q;;;2*+3/p-6. The van der Waals surface area contributed by atoms with Crippen LogP contribution in [0, 0.1) is 98.8 Å².